The van der Waals surface area contributed by atoms with E-state index in [9.17, 15) is 4.79 Å². The van der Waals surface area contributed by atoms with E-state index in [1.807, 2.05) is 20.8 Å². The maximum Gasteiger partial charge on any atom is 0.230 e. The van der Waals surface area contributed by atoms with Gasteiger partial charge in [0, 0.05) is 19.3 Å². The van der Waals surface area contributed by atoms with Gasteiger partial charge in [-0.2, -0.15) is 0 Å². The molecule has 1 aromatic heterocycles. The number of carbonyl (C=O) groups excluding carboxylic acids is 1. The number of rotatable bonds is 9. The molecule has 0 fully saturated rings. The van der Waals surface area contributed by atoms with Gasteiger partial charge in [0.15, 0.2) is 5.16 Å². The standard InChI is InChI=1S/C20H29N3O2S/c1-6-17-7-9-18(10-8-17)15(3)21-19(24)13-26-20-22-14(2)16(4)23(20)11-12-25-5/h7-10,15H,6,11-13H2,1-5H3,(H,21,24)/t15-/m0/s1. The largest absolute Gasteiger partial charge is 0.383 e. The van der Waals surface area contributed by atoms with Gasteiger partial charge in [-0.25, -0.2) is 4.98 Å². The first-order chi connectivity index (χ1) is 12.5. The molecule has 0 radical (unpaired) electrons. The summed E-state index contributed by atoms with van der Waals surface area (Å²) >= 11 is 1.47. The fraction of sp³-hybridized carbons (Fsp3) is 0.500. The molecule has 1 aromatic carbocycles. The van der Waals surface area contributed by atoms with Gasteiger partial charge in [0.25, 0.3) is 0 Å². The van der Waals surface area contributed by atoms with E-state index in [4.69, 9.17) is 4.74 Å². The molecule has 1 N–H and O–H groups in total. The lowest BCUT2D eigenvalue weighted by atomic mass is 10.1. The average Bonchev–Trinajstić information content (AvgIpc) is 2.92. The molecule has 0 unspecified atom stereocenters. The number of benzene rings is 1. The van der Waals surface area contributed by atoms with Crippen molar-refractivity contribution in [2.75, 3.05) is 19.5 Å². The minimum Gasteiger partial charge on any atom is -0.383 e. The summed E-state index contributed by atoms with van der Waals surface area (Å²) in [6.07, 6.45) is 1.02. The van der Waals surface area contributed by atoms with Crippen LogP contribution >= 0.6 is 11.8 Å². The van der Waals surface area contributed by atoms with Crippen molar-refractivity contribution in [2.45, 2.75) is 51.9 Å². The summed E-state index contributed by atoms with van der Waals surface area (Å²) < 4.78 is 7.29. The summed E-state index contributed by atoms with van der Waals surface area (Å²) in [4.78, 5) is 16.9. The fourth-order valence-corrected chi connectivity index (χ4v) is 3.65. The third-order valence-electron chi connectivity index (χ3n) is 4.54. The molecule has 1 heterocycles. The molecule has 26 heavy (non-hydrogen) atoms. The van der Waals surface area contributed by atoms with Crippen LogP contribution in [0.3, 0.4) is 0 Å². The number of nitrogens with zero attached hydrogens (tertiary/aromatic N) is 2. The van der Waals surface area contributed by atoms with Gasteiger partial charge >= 0.3 is 0 Å². The average molecular weight is 376 g/mol. The van der Waals surface area contributed by atoms with E-state index in [1.165, 1.54) is 17.3 Å². The Bertz CT molecular complexity index is 725. The molecule has 1 atom stereocenters. The molecule has 0 saturated heterocycles. The van der Waals surface area contributed by atoms with Crippen molar-refractivity contribution in [1.82, 2.24) is 14.9 Å². The molecule has 6 heteroatoms. The zero-order chi connectivity index (χ0) is 19.1. The van der Waals surface area contributed by atoms with E-state index in [0.717, 1.165) is 35.1 Å². The van der Waals surface area contributed by atoms with Crippen LogP contribution in [0.25, 0.3) is 0 Å². The lowest BCUT2D eigenvalue weighted by Crippen LogP contribution is -2.28. The zero-order valence-corrected chi connectivity index (χ0v) is 17.2. The van der Waals surface area contributed by atoms with Crippen molar-refractivity contribution in [3.8, 4) is 0 Å². The molecule has 0 aliphatic heterocycles. The lowest BCUT2D eigenvalue weighted by molar-refractivity contribution is -0.119. The van der Waals surface area contributed by atoms with Crippen molar-refractivity contribution in [3.63, 3.8) is 0 Å². The normalized spacial score (nSPS) is 12.2. The van der Waals surface area contributed by atoms with Crippen LogP contribution in [0.4, 0.5) is 0 Å². The second-order valence-electron chi connectivity index (χ2n) is 6.38. The maximum absolute atomic E-state index is 12.3. The highest BCUT2D eigenvalue weighted by atomic mass is 32.2. The molecule has 2 rings (SSSR count). The fourth-order valence-electron chi connectivity index (χ4n) is 2.72. The van der Waals surface area contributed by atoms with Crippen molar-refractivity contribution in [1.29, 1.82) is 0 Å². The number of amides is 1. The third kappa shape index (κ3) is 5.35. The van der Waals surface area contributed by atoms with Crippen molar-refractivity contribution < 1.29 is 9.53 Å². The van der Waals surface area contributed by atoms with Gasteiger partial charge < -0.3 is 14.6 Å². The van der Waals surface area contributed by atoms with Gasteiger partial charge in [-0.05, 0) is 38.3 Å². The SMILES string of the molecule is CCc1ccc([C@H](C)NC(=O)CSc2nc(C)c(C)n2CCOC)cc1. The van der Waals surface area contributed by atoms with Gasteiger partial charge in [0.2, 0.25) is 5.91 Å². The van der Waals surface area contributed by atoms with E-state index in [0.29, 0.717) is 12.4 Å². The molecule has 0 saturated carbocycles. The van der Waals surface area contributed by atoms with Crippen LogP contribution in [0.1, 0.15) is 42.4 Å². The number of thioether (sulfide) groups is 1. The van der Waals surface area contributed by atoms with Gasteiger partial charge in [0.1, 0.15) is 0 Å². The minimum absolute atomic E-state index is 0.00860. The number of nitrogens with one attached hydrogen (secondary N) is 1. The second-order valence-corrected chi connectivity index (χ2v) is 7.33. The van der Waals surface area contributed by atoms with Crippen LogP contribution in [0.2, 0.25) is 0 Å². The number of aromatic nitrogens is 2. The van der Waals surface area contributed by atoms with Crippen molar-refractivity contribution in [3.05, 3.63) is 46.8 Å². The van der Waals surface area contributed by atoms with E-state index >= 15 is 0 Å². The van der Waals surface area contributed by atoms with Crippen molar-refractivity contribution >= 4 is 17.7 Å². The quantitative estimate of drug-likeness (QED) is 0.679. The smallest absolute Gasteiger partial charge is 0.230 e. The number of carbonyl (C=O) groups is 1. The lowest BCUT2D eigenvalue weighted by Gasteiger charge is -2.15. The Morgan fingerprint density at radius 3 is 2.62 bits per heavy atom. The van der Waals surface area contributed by atoms with E-state index < -0.39 is 0 Å². The summed E-state index contributed by atoms with van der Waals surface area (Å²) in [5.74, 6) is 0.360. The van der Waals surface area contributed by atoms with Gasteiger partial charge in [-0.3, -0.25) is 4.79 Å². The number of hydrogen-bond acceptors (Lipinski definition) is 4. The number of ether oxygens (including phenoxy) is 1. The topological polar surface area (TPSA) is 56.2 Å². The Morgan fingerprint density at radius 1 is 1.31 bits per heavy atom. The Balaban J connectivity index is 1.92. The van der Waals surface area contributed by atoms with E-state index in [2.05, 4.69) is 46.1 Å². The first-order valence-corrected chi connectivity index (χ1v) is 9.98. The Kier molecular flexibility index (Phi) is 7.72. The molecule has 0 spiro atoms. The van der Waals surface area contributed by atoms with Crippen LogP contribution in [0.5, 0.6) is 0 Å². The van der Waals surface area contributed by atoms with Gasteiger partial charge in [-0.15, -0.1) is 0 Å². The molecule has 142 valence electrons. The molecule has 2 aromatic rings. The second kappa shape index (κ2) is 9.78. The predicted octanol–water partition coefficient (Wildman–Crippen LogP) is 3.68. The highest BCUT2D eigenvalue weighted by Crippen LogP contribution is 2.21. The molecule has 1 amide bonds. The number of imidazole rings is 1. The zero-order valence-electron chi connectivity index (χ0n) is 16.3. The summed E-state index contributed by atoms with van der Waals surface area (Å²) in [6.45, 7) is 9.55. The Labute approximate surface area is 160 Å². The molecule has 0 aliphatic rings. The van der Waals surface area contributed by atoms with E-state index in [1.54, 1.807) is 7.11 Å². The number of methoxy groups -OCH3 is 1. The Morgan fingerprint density at radius 2 is 2.00 bits per heavy atom. The molecule has 5 nitrogen and oxygen atoms in total. The summed E-state index contributed by atoms with van der Waals surface area (Å²) in [5.41, 5.74) is 4.54. The summed E-state index contributed by atoms with van der Waals surface area (Å²) in [6, 6.07) is 8.39. The van der Waals surface area contributed by atoms with Crippen LogP contribution < -0.4 is 5.32 Å². The van der Waals surface area contributed by atoms with Crippen molar-refractivity contribution in [2.24, 2.45) is 0 Å². The summed E-state index contributed by atoms with van der Waals surface area (Å²) in [7, 11) is 1.69. The highest BCUT2D eigenvalue weighted by Gasteiger charge is 2.15. The van der Waals surface area contributed by atoms with E-state index in [-0.39, 0.29) is 11.9 Å². The Hall–Kier alpha value is -1.79. The highest BCUT2D eigenvalue weighted by molar-refractivity contribution is 7.99. The molecule has 0 aliphatic carbocycles. The van der Waals surface area contributed by atoms with Gasteiger partial charge in [0.05, 0.1) is 24.1 Å². The van der Waals surface area contributed by atoms with Crippen LogP contribution in [-0.2, 0) is 22.5 Å². The van der Waals surface area contributed by atoms with Gasteiger partial charge in [-0.1, -0.05) is 43.0 Å². The summed E-state index contributed by atoms with van der Waals surface area (Å²) in [5, 5.41) is 3.93. The third-order valence-corrected chi connectivity index (χ3v) is 5.52. The van der Waals surface area contributed by atoms with Crippen LogP contribution in [0.15, 0.2) is 29.4 Å². The van der Waals surface area contributed by atoms with Crippen LogP contribution in [-0.4, -0.2) is 34.9 Å². The molecule has 0 bridgehead atoms. The monoisotopic (exact) mass is 375 g/mol. The minimum atomic E-state index is -0.00860. The predicted molar refractivity (Wildman–Crippen MR) is 107 cm³/mol. The number of hydrogen-bond donors (Lipinski definition) is 1. The maximum atomic E-state index is 12.3. The molecular weight excluding hydrogens is 346 g/mol. The molecular formula is C20H29N3O2S. The first kappa shape index (κ1) is 20.5. The first-order valence-electron chi connectivity index (χ1n) is 8.99. The number of aryl methyl sites for hydroxylation is 2. The van der Waals surface area contributed by atoms with Crippen LogP contribution in [0, 0.1) is 13.8 Å².